The largest absolute Gasteiger partial charge is 0.479 e. The van der Waals surface area contributed by atoms with Gasteiger partial charge in [-0.25, -0.2) is 9.59 Å². The Kier molecular flexibility index (Phi) is 5.76. The molecule has 116 valence electrons. The number of amides is 1. The van der Waals surface area contributed by atoms with E-state index in [1.165, 1.54) is 4.90 Å². The van der Waals surface area contributed by atoms with Gasteiger partial charge >= 0.3 is 12.1 Å². The lowest BCUT2D eigenvalue weighted by molar-refractivity contribution is -0.151. The van der Waals surface area contributed by atoms with E-state index in [9.17, 15) is 9.59 Å². The molecule has 1 heterocycles. The van der Waals surface area contributed by atoms with Gasteiger partial charge in [0.2, 0.25) is 0 Å². The van der Waals surface area contributed by atoms with Crippen LogP contribution in [0, 0.1) is 0 Å². The predicted molar refractivity (Wildman–Crippen MR) is 70.6 cm³/mol. The number of ether oxygens (including phenoxy) is 3. The minimum Gasteiger partial charge on any atom is -0.479 e. The van der Waals surface area contributed by atoms with Crippen LogP contribution >= 0.6 is 0 Å². The van der Waals surface area contributed by atoms with Crippen LogP contribution < -0.4 is 0 Å². The number of rotatable bonds is 3. The van der Waals surface area contributed by atoms with Crippen LogP contribution in [0.4, 0.5) is 4.79 Å². The number of carbonyl (C=O) groups excluding carboxylic acids is 1. The van der Waals surface area contributed by atoms with Gasteiger partial charge in [0, 0.05) is 6.61 Å². The number of hydrogen-bond donors (Lipinski definition) is 1. The van der Waals surface area contributed by atoms with Gasteiger partial charge in [-0.3, -0.25) is 0 Å². The maximum Gasteiger partial charge on any atom is 0.410 e. The SMILES string of the molecule is CCO[C@H]1CO[C@H](C(=O)O)CN(C(=O)OC(C)(C)C)C1. The van der Waals surface area contributed by atoms with Crippen molar-refractivity contribution in [2.75, 3.05) is 26.3 Å². The predicted octanol–water partition coefficient (Wildman–Crippen LogP) is 1.11. The van der Waals surface area contributed by atoms with Crippen molar-refractivity contribution < 1.29 is 28.9 Å². The van der Waals surface area contributed by atoms with Crippen LogP contribution in [0.25, 0.3) is 0 Å². The first-order valence-electron chi connectivity index (χ1n) is 6.67. The first-order chi connectivity index (χ1) is 9.23. The van der Waals surface area contributed by atoms with Crippen LogP contribution in [-0.2, 0) is 19.0 Å². The first kappa shape index (κ1) is 16.7. The molecule has 0 spiro atoms. The van der Waals surface area contributed by atoms with Gasteiger partial charge in [0.1, 0.15) is 5.60 Å². The summed E-state index contributed by atoms with van der Waals surface area (Å²) in [6, 6.07) is 0. The average molecular weight is 289 g/mol. The van der Waals surface area contributed by atoms with Gasteiger partial charge in [-0.1, -0.05) is 0 Å². The molecule has 7 heteroatoms. The molecule has 1 aliphatic heterocycles. The molecule has 0 aromatic rings. The monoisotopic (exact) mass is 289 g/mol. The standard InChI is InChI=1S/C13H23NO6/c1-5-18-9-6-14(12(17)20-13(2,3)4)7-10(11(15)16)19-8-9/h9-10H,5-8H2,1-4H3,(H,15,16)/t9-,10+/m1/s1. The summed E-state index contributed by atoms with van der Waals surface area (Å²) in [5.74, 6) is -1.10. The number of carboxylic acid groups (broad SMARTS) is 1. The molecular weight excluding hydrogens is 266 g/mol. The van der Waals surface area contributed by atoms with Crippen LogP contribution in [0.3, 0.4) is 0 Å². The molecule has 2 atom stereocenters. The van der Waals surface area contributed by atoms with Crippen molar-refractivity contribution in [3.8, 4) is 0 Å². The lowest BCUT2D eigenvalue weighted by atomic mass is 10.2. The zero-order chi connectivity index (χ0) is 15.3. The van der Waals surface area contributed by atoms with Crippen LogP contribution in [0.2, 0.25) is 0 Å². The molecule has 0 aromatic heterocycles. The van der Waals surface area contributed by atoms with Gasteiger partial charge in [0.05, 0.1) is 25.8 Å². The summed E-state index contributed by atoms with van der Waals surface area (Å²) in [6.07, 6.45) is -1.97. The van der Waals surface area contributed by atoms with Gasteiger partial charge < -0.3 is 24.2 Å². The molecule has 0 unspecified atom stereocenters. The Labute approximate surface area is 118 Å². The van der Waals surface area contributed by atoms with E-state index in [2.05, 4.69) is 0 Å². The maximum absolute atomic E-state index is 12.1. The third kappa shape index (κ3) is 5.34. The Morgan fingerprint density at radius 3 is 2.50 bits per heavy atom. The first-order valence-corrected chi connectivity index (χ1v) is 6.67. The van der Waals surface area contributed by atoms with E-state index in [1.807, 2.05) is 6.92 Å². The van der Waals surface area contributed by atoms with Crippen molar-refractivity contribution in [1.82, 2.24) is 4.90 Å². The molecule has 7 nitrogen and oxygen atoms in total. The summed E-state index contributed by atoms with van der Waals surface area (Å²) in [5, 5.41) is 9.07. The van der Waals surface area contributed by atoms with E-state index in [4.69, 9.17) is 19.3 Å². The second-order valence-electron chi connectivity index (χ2n) is 5.62. The quantitative estimate of drug-likeness (QED) is 0.837. The van der Waals surface area contributed by atoms with Crippen LogP contribution in [0.1, 0.15) is 27.7 Å². The van der Waals surface area contributed by atoms with E-state index in [1.54, 1.807) is 20.8 Å². The highest BCUT2D eigenvalue weighted by molar-refractivity contribution is 5.74. The molecule has 1 rings (SSSR count). The van der Waals surface area contributed by atoms with Gasteiger partial charge in [0.15, 0.2) is 6.10 Å². The summed E-state index contributed by atoms with van der Waals surface area (Å²) in [7, 11) is 0. The Morgan fingerprint density at radius 2 is 2.00 bits per heavy atom. The zero-order valence-electron chi connectivity index (χ0n) is 12.4. The summed E-state index contributed by atoms with van der Waals surface area (Å²) >= 11 is 0. The van der Waals surface area contributed by atoms with E-state index in [0.717, 1.165) is 0 Å². The van der Waals surface area contributed by atoms with E-state index in [0.29, 0.717) is 6.61 Å². The lowest BCUT2D eigenvalue weighted by Gasteiger charge is -2.28. The number of aliphatic carboxylic acids is 1. The molecule has 1 amide bonds. The highest BCUT2D eigenvalue weighted by Crippen LogP contribution is 2.15. The topological polar surface area (TPSA) is 85.3 Å². The smallest absolute Gasteiger partial charge is 0.410 e. The molecule has 1 saturated heterocycles. The fourth-order valence-electron chi connectivity index (χ4n) is 1.81. The van der Waals surface area contributed by atoms with E-state index in [-0.39, 0.29) is 25.8 Å². The highest BCUT2D eigenvalue weighted by Gasteiger charge is 2.33. The number of hydrogen-bond acceptors (Lipinski definition) is 5. The van der Waals surface area contributed by atoms with Crippen molar-refractivity contribution in [1.29, 1.82) is 0 Å². The normalized spacial score (nSPS) is 24.1. The van der Waals surface area contributed by atoms with Gasteiger partial charge in [-0.15, -0.1) is 0 Å². The molecular formula is C13H23NO6. The molecule has 1 aliphatic rings. The Hall–Kier alpha value is -1.34. The molecule has 1 N–H and O–H groups in total. The van der Waals surface area contributed by atoms with Gasteiger partial charge in [-0.05, 0) is 27.7 Å². The fourth-order valence-corrected chi connectivity index (χ4v) is 1.81. The van der Waals surface area contributed by atoms with Gasteiger partial charge in [0.25, 0.3) is 0 Å². The summed E-state index contributed by atoms with van der Waals surface area (Å²) < 4.78 is 16.0. The molecule has 0 saturated carbocycles. The summed E-state index contributed by atoms with van der Waals surface area (Å²) in [5.41, 5.74) is -0.635. The molecule has 0 bridgehead atoms. The fraction of sp³-hybridized carbons (Fsp3) is 0.846. The zero-order valence-corrected chi connectivity index (χ0v) is 12.4. The minimum absolute atomic E-state index is 0.0478. The van der Waals surface area contributed by atoms with Crippen molar-refractivity contribution in [2.24, 2.45) is 0 Å². The average Bonchev–Trinajstić information content (AvgIpc) is 2.50. The Bertz CT molecular complexity index is 351. The van der Waals surface area contributed by atoms with Crippen molar-refractivity contribution >= 4 is 12.1 Å². The third-order valence-electron chi connectivity index (χ3n) is 2.62. The molecule has 1 fully saturated rings. The second kappa shape index (κ2) is 6.90. The van der Waals surface area contributed by atoms with Crippen molar-refractivity contribution in [3.63, 3.8) is 0 Å². The Morgan fingerprint density at radius 1 is 1.35 bits per heavy atom. The molecule has 0 aromatic carbocycles. The van der Waals surface area contributed by atoms with E-state index >= 15 is 0 Å². The molecule has 20 heavy (non-hydrogen) atoms. The van der Waals surface area contributed by atoms with Crippen molar-refractivity contribution in [3.05, 3.63) is 0 Å². The number of carbonyl (C=O) groups is 2. The summed E-state index contributed by atoms with van der Waals surface area (Å²) in [6.45, 7) is 7.92. The number of nitrogens with zero attached hydrogens (tertiary/aromatic N) is 1. The second-order valence-corrected chi connectivity index (χ2v) is 5.62. The summed E-state index contributed by atoms with van der Waals surface area (Å²) in [4.78, 5) is 24.5. The Balaban J connectivity index is 2.77. The minimum atomic E-state index is -1.10. The van der Waals surface area contributed by atoms with E-state index < -0.39 is 23.8 Å². The lowest BCUT2D eigenvalue weighted by Crippen LogP contribution is -2.44. The van der Waals surface area contributed by atoms with Crippen LogP contribution in [-0.4, -0.2) is 66.2 Å². The van der Waals surface area contributed by atoms with Gasteiger partial charge in [-0.2, -0.15) is 0 Å². The van der Waals surface area contributed by atoms with Crippen LogP contribution in [0.5, 0.6) is 0 Å². The van der Waals surface area contributed by atoms with Crippen LogP contribution in [0.15, 0.2) is 0 Å². The molecule has 0 aliphatic carbocycles. The maximum atomic E-state index is 12.1. The van der Waals surface area contributed by atoms with Crippen molar-refractivity contribution in [2.45, 2.75) is 45.5 Å². The third-order valence-corrected chi connectivity index (χ3v) is 2.62. The number of carboxylic acids is 1. The molecule has 0 radical (unpaired) electrons. The highest BCUT2D eigenvalue weighted by atomic mass is 16.6.